The molecular weight excluding hydrogens is 192 g/mol. The van der Waals surface area contributed by atoms with Crippen molar-refractivity contribution in [2.45, 2.75) is 0 Å². The van der Waals surface area contributed by atoms with Crippen molar-refractivity contribution in [3.63, 3.8) is 0 Å². The van der Waals surface area contributed by atoms with Gasteiger partial charge < -0.3 is 0 Å². The summed E-state index contributed by atoms with van der Waals surface area (Å²) in [7, 11) is 0. The maximum absolute atomic E-state index is 10.8. The molecular formula is C11H8N2O2. The molecule has 1 aromatic heterocycles. The average Bonchev–Trinajstić information content (AvgIpc) is 2.27. The van der Waals surface area contributed by atoms with Crippen molar-refractivity contribution < 1.29 is 4.92 Å². The number of aromatic nitrogens is 1. The Labute approximate surface area is 86.0 Å². The summed E-state index contributed by atoms with van der Waals surface area (Å²) in [6.45, 7) is 3.66. The number of benzene rings is 1. The summed E-state index contributed by atoms with van der Waals surface area (Å²) in [6, 6.07) is 6.67. The van der Waals surface area contributed by atoms with E-state index in [0.29, 0.717) is 5.52 Å². The van der Waals surface area contributed by atoms with Crippen LogP contribution in [0.2, 0.25) is 0 Å². The normalized spacial score (nSPS) is 10.1. The molecule has 0 aliphatic carbocycles. The van der Waals surface area contributed by atoms with Crippen molar-refractivity contribution in [1.82, 2.24) is 4.98 Å². The second-order valence-corrected chi connectivity index (χ2v) is 3.03. The third kappa shape index (κ3) is 1.46. The summed E-state index contributed by atoms with van der Waals surface area (Å²) in [5.41, 5.74) is 1.28. The molecule has 0 N–H and O–H groups in total. The largest absolute Gasteiger partial charge is 0.295 e. The van der Waals surface area contributed by atoms with Crippen LogP contribution in [0.3, 0.4) is 0 Å². The van der Waals surface area contributed by atoms with E-state index in [1.807, 2.05) is 0 Å². The first-order chi connectivity index (χ1) is 7.24. The molecule has 0 aliphatic heterocycles. The topological polar surface area (TPSA) is 56.0 Å². The standard InChI is InChI=1S/C11H8N2O2/c1-2-8-6-7-12-11-9(8)4-3-5-10(11)13(14)15/h2-7H,1H2. The predicted molar refractivity (Wildman–Crippen MR) is 58.5 cm³/mol. The molecule has 0 saturated heterocycles. The number of pyridine rings is 1. The van der Waals surface area contributed by atoms with Gasteiger partial charge in [-0.1, -0.05) is 24.8 Å². The van der Waals surface area contributed by atoms with Gasteiger partial charge in [-0.25, -0.2) is 4.98 Å². The quantitative estimate of drug-likeness (QED) is 0.553. The molecule has 4 nitrogen and oxygen atoms in total. The van der Waals surface area contributed by atoms with Gasteiger partial charge in [0.1, 0.15) is 5.52 Å². The van der Waals surface area contributed by atoms with Gasteiger partial charge in [0.25, 0.3) is 5.69 Å². The summed E-state index contributed by atoms with van der Waals surface area (Å²) in [6.07, 6.45) is 3.21. The summed E-state index contributed by atoms with van der Waals surface area (Å²) < 4.78 is 0. The van der Waals surface area contributed by atoms with E-state index in [9.17, 15) is 10.1 Å². The Balaban J connectivity index is 2.88. The molecule has 2 aromatic rings. The fourth-order valence-electron chi connectivity index (χ4n) is 1.51. The number of hydrogen-bond donors (Lipinski definition) is 0. The van der Waals surface area contributed by atoms with Gasteiger partial charge in [-0.05, 0) is 11.6 Å². The highest BCUT2D eigenvalue weighted by Crippen LogP contribution is 2.25. The fraction of sp³-hybridized carbons (Fsp3) is 0. The van der Waals surface area contributed by atoms with E-state index >= 15 is 0 Å². The summed E-state index contributed by atoms with van der Waals surface area (Å²) in [5, 5.41) is 11.5. The molecule has 0 saturated carbocycles. The fourth-order valence-corrected chi connectivity index (χ4v) is 1.51. The number of nitro groups is 1. The van der Waals surface area contributed by atoms with Crippen molar-refractivity contribution in [3.05, 3.63) is 52.7 Å². The van der Waals surface area contributed by atoms with E-state index in [2.05, 4.69) is 11.6 Å². The van der Waals surface area contributed by atoms with Crippen LogP contribution in [-0.4, -0.2) is 9.91 Å². The Morgan fingerprint density at radius 3 is 2.87 bits per heavy atom. The zero-order chi connectivity index (χ0) is 10.8. The van der Waals surface area contributed by atoms with Crippen LogP contribution in [0.1, 0.15) is 5.56 Å². The minimum absolute atomic E-state index is 0.0243. The molecule has 74 valence electrons. The molecule has 4 heteroatoms. The minimum atomic E-state index is -0.428. The average molecular weight is 200 g/mol. The van der Waals surface area contributed by atoms with Gasteiger partial charge in [0.2, 0.25) is 0 Å². The molecule has 0 bridgehead atoms. The number of nitro benzene ring substituents is 1. The van der Waals surface area contributed by atoms with E-state index in [-0.39, 0.29) is 5.69 Å². The van der Waals surface area contributed by atoms with Gasteiger partial charge >= 0.3 is 0 Å². The molecule has 0 fully saturated rings. The predicted octanol–water partition coefficient (Wildman–Crippen LogP) is 2.79. The number of non-ortho nitro benzene ring substituents is 1. The molecule has 15 heavy (non-hydrogen) atoms. The Morgan fingerprint density at radius 2 is 2.20 bits per heavy atom. The zero-order valence-electron chi connectivity index (χ0n) is 7.88. The lowest BCUT2D eigenvalue weighted by Crippen LogP contribution is -1.92. The van der Waals surface area contributed by atoms with Crippen LogP contribution in [-0.2, 0) is 0 Å². The van der Waals surface area contributed by atoms with Crippen LogP contribution < -0.4 is 0 Å². The summed E-state index contributed by atoms with van der Waals surface area (Å²) >= 11 is 0. The van der Waals surface area contributed by atoms with Crippen LogP contribution in [0.15, 0.2) is 37.0 Å². The molecule has 0 unspecified atom stereocenters. The summed E-state index contributed by atoms with van der Waals surface area (Å²) in [4.78, 5) is 14.3. The highest BCUT2D eigenvalue weighted by atomic mass is 16.6. The van der Waals surface area contributed by atoms with Crippen LogP contribution in [0.25, 0.3) is 17.0 Å². The second-order valence-electron chi connectivity index (χ2n) is 3.03. The van der Waals surface area contributed by atoms with E-state index < -0.39 is 4.92 Å². The highest BCUT2D eigenvalue weighted by molar-refractivity contribution is 5.93. The van der Waals surface area contributed by atoms with E-state index in [0.717, 1.165) is 10.9 Å². The van der Waals surface area contributed by atoms with Gasteiger partial charge in [-0.2, -0.15) is 0 Å². The molecule has 0 amide bonds. The molecule has 2 rings (SSSR count). The number of nitrogens with zero attached hydrogens (tertiary/aromatic N) is 2. The van der Waals surface area contributed by atoms with Crippen molar-refractivity contribution in [3.8, 4) is 0 Å². The number of para-hydroxylation sites is 1. The molecule has 0 radical (unpaired) electrons. The smallest absolute Gasteiger partial charge is 0.258 e. The van der Waals surface area contributed by atoms with Crippen LogP contribution in [0, 0.1) is 10.1 Å². The molecule has 0 spiro atoms. The third-order valence-corrected chi connectivity index (χ3v) is 2.20. The van der Waals surface area contributed by atoms with Crippen LogP contribution in [0.4, 0.5) is 5.69 Å². The van der Waals surface area contributed by atoms with Gasteiger partial charge in [0.15, 0.2) is 0 Å². The number of hydrogen-bond acceptors (Lipinski definition) is 3. The molecule has 0 aliphatic rings. The Morgan fingerprint density at radius 1 is 1.40 bits per heavy atom. The number of fused-ring (bicyclic) bond motifs is 1. The van der Waals surface area contributed by atoms with Gasteiger partial charge in [-0.3, -0.25) is 10.1 Å². The SMILES string of the molecule is C=Cc1ccnc2c([N+](=O)[O-])cccc12. The first kappa shape index (κ1) is 9.33. The van der Waals surface area contributed by atoms with Crippen molar-refractivity contribution in [2.75, 3.05) is 0 Å². The van der Waals surface area contributed by atoms with Gasteiger partial charge in [0.05, 0.1) is 4.92 Å². The van der Waals surface area contributed by atoms with E-state index in [4.69, 9.17) is 0 Å². The first-order valence-corrected chi connectivity index (χ1v) is 4.38. The molecule has 1 heterocycles. The maximum Gasteiger partial charge on any atom is 0.295 e. The number of rotatable bonds is 2. The van der Waals surface area contributed by atoms with Gasteiger partial charge in [-0.15, -0.1) is 0 Å². The van der Waals surface area contributed by atoms with Crippen LogP contribution in [0.5, 0.6) is 0 Å². The van der Waals surface area contributed by atoms with Crippen molar-refractivity contribution >= 4 is 22.7 Å². The lowest BCUT2D eigenvalue weighted by atomic mass is 10.1. The zero-order valence-corrected chi connectivity index (χ0v) is 7.88. The first-order valence-electron chi connectivity index (χ1n) is 4.38. The third-order valence-electron chi connectivity index (χ3n) is 2.20. The lowest BCUT2D eigenvalue weighted by Gasteiger charge is -2.01. The van der Waals surface area contributed by atoms with Crippen molar-refractivity contribution in [2.24, 2.45) is 0 Å². The molecule has 1 aromatic carbocycles. The van der Waals surface area contributed by atoms with E-state index in [1.165, 1.54) is 6.07 Å². The Kier molecular flexibility index (Phi) is 2.17. The monoisotopic (exact) mass is 200 g/mol. The second kappa shape index (κ2) is 3.49. The Hall–Kier alpha value is -2.23. The molecule has 0 atom stereocenters. The minimum Gasteiger partial charge on any atom is -0.258 e. The summed E-state index contributed by atoms with van der Waals surface area (Å²) in [5.74, 6) is 0. The highest BCUT2D eigenvalue weighted by Gasteiger charge is 2.12. The van der Waals surface area contributed by atoms with Crippen molar-refractivity contribution in [1.29, 1.82) is 0 Å². The van der Waals surface area contributed by atoms with E-state index in [1.54, 1.807) is 30.5 Å². The van der Waals surface area contributed by atoms with Crippen LogP contribution >= 0.6 is 0 Å². The van der Waals surface area contributed by atoms with Gasteiger partial charge in [0, 0.05) is 17.6 Å². The lowest BCUT2D eigenvalue weighted by molar-refractivity contribution is -0.383. The maximum atomic E-state index is 10.8. The Bertz CT molecular complexity index is 549.